The summed E-state index contributed by atoms with van der Waals surface area (Å²) in [6.07, 6.45) is 0.109. The van der Waals surface area contributed by atoms with Gasteiger partial charge in [-0.15, -0.1) is 11.3 Å². The molecule has 0 unspecified atom stereocenters. The van der Waals surface area contributed by atoms with Crippen LogP contribution in [0.5, 0.6) is 0 Å². The molecule has 0 aliphatic carbocycles. The van der Waals surface area contributed by atoms with Gasteiger partial charge in [0.05, 0.1) is 13.2 Å². The second-order valence-electron chi connectivity index (χ2n) is 2.74. The molecule has 0 fully saturated rings. The first-order chi connectivity index (χ1) is 7.26. The van der Waals surface area contributed by atoms with Gasteiger partial charge in [-0.25, -0.2) is 0 Å². The molecule has 1 aromatic heterocycles. The highest BCUT2D eigenvalue weighted by Gasteiger charge is 1.97. The molecule has 0 aromatic carbocycles. The molecule has 3 nitrogen and oxygen atoms in total. The Balaban J connectivity index is 2.47. The van der Waals surface area contributed by atoms with E-state index in [4.69, 9.17) is 9.84 Å². The van der Waals surface area contributed by atoms with Crippen LogP contribution in [-0.2, 0) is 16.1 Å². The number of aliphatic hydroxyl groups is 1. The van der Waals surface area contributed by atoms with Crippen LogP contribution in [0.4, 0.5) is 0 Å². The zero-order valence-corrected chi connectivity index (χ0v) is 9.26. The molecule has 0 amide bonds. The Hall–Kier alpha value is -1.31. The lowest BCUT2D eigenvalue weighted by Gasteiger charge is -1.94. The van der Waals surface area contributed by atoms with E-state index < -0.39 is 0 Å². The molecule has 4 heteroatoms. The largest absolute Gasteiger partial charge is 0.465 e. The molecule has 0 radical (unpaired) electrons. The van der Waals surface area contributed by atoms with E-state index in [2.05, 4.69) is 11.8 Å². The molecular formula is C11H12O3S. The number of ether oxygens (including phenoxy) is 1. The van der Waals surface area contributed by atoms with Gasteiger partial charge >= 0.3 is 5.97 Å². The third-order valence-corrected chi connectivity index (χ3v) is 2.50. The van der Waals surface area contributed by atoms with Crippen molar-refractivity contribution >= 4 is 17.3 Å². The lowest BCUT2D eigenvalue weighted by Crippen LogP contribution is -2.01. The Morgan fingerprint density at radius 2 is 2.47 bits per heavy atom. The molecule has 0 aliphatic rings. The summed E-state index contributed by atoms with van der Waals surface area (Å²) in [5.74, 6) is 5.26. The van der Waals surface area contributed by atoms with Gasteiger partial charge in [-0.05, 0) is 13.0 Å². The zero-order chi connectivity index (χ0) is 11.1. The smallest absolute Gasteiger partial charge is 0.317 e. The van der Waals surface area contributed by atoms with E-state index in [0.717, 1.165) is 10.4 Å². The van der Waals surface area contributed by atoms with Crippen molar-refractivity contribution in [2.45, 2.75) is 20.0 Å². The second-order valence-corrected chi connectivity index (χ2v) is 3.74. The normalized spacial score (nSPS) is 9.20. The fourth-order valence-electron chi connectivity index (χ4n) is 0.960. The average molecular weight is 224 g/mol. The van der Waals surface area contributed by atoms with Gasteiger partial charge < -0.3 is 9.84 Å². The molecule has 0 bridgehead atoms. The van der Waals surface area contributed by atoms with E-state index in [9.17, 15) is 4.79 Å². The zero-order valence-electron chi connectivity index (χ0n) is 8.45. The summed E-state index contributed by atoms with van der Waals surface area (Å²) >= 11 is 1.45. The fraction of sp³-hybridized carbons (Fsp3) is 0.364. The Bertz CT molecular complexity index is 384. The molecule has 0 spiro atoms. The maximum absolute atomic E-state index is 10.9. The number of hydrogen-bond acceptors (Lipinski definition) is 4. The van der Waals surface area contributed by atoms with Gasteiger partial charge in [-0.1, -0.05) is 11.8 Å². The Labute approximate surface area is 92.7 Å². The molecule has 1 N–H and O–H groups in total. The topological polar surface area (TPSA) is 46.5 Å². The van der Waals surface area contributed by atoms with E-state index in [0.29, 0.717) is 6.61 Å². The molecule has 80 valence electrons. The number of carbonyl (C=O) groups excluding carboxylic acids is 1. The summed E-state index contributed by atoms with van der Waals surface area (Å²) in [4.78, 5) is 11.8. The number of thiophene rings is 1. The maximum Gasteiger partial charge on any atom is 0.317 e. The lowest BCUT2D eigenvalue weighted by molar-refractivity contribution is -0.141. The van der Waals surface area contributed by atoms with E-state index in [-0.39, 0.29) is 19.0 Å². The second kappa shape index (κ2) is 6.23. The first-order valence-corrected chi connectivity index (χ1v) is 5.47. The Morgan fingerprint density at radius 3 is 3.07 bits per heavy atom. The summed E-state index contributed by atoms with van der Waals surface area (Å²) < 4.78 is 4.73. The highest BCUT2D eigenvalue weighted by Crippen LogP contribution is 2.13. The average Bonchev–Trinajstić information content (AvgIpc) is 2.66. The number of esters is 1. The molecule has 1 rings (SSSR count). The van der Waals surface area contributed by atoms with Crippen molar-refractivity contribution in [1.29, 1.82) is 0 Å². The molecule has 0 aliphatic heterocycles. The van der Waals surface area contributed by atoms with Gasteiger partial charge in [-0.2, -0.15) is 0 Å². The third kappa shape index (κ3) is 4.15. The lowest BCUT2D eigenvalue weighted by atomic mass is 10.3. The van der Waals surface area contributed by atoms with Crippen LogP contribution in [-0.4, -0.2) is 17.7 Å². The van der Waals surface area contributed by atoms with Crippen LogP contribution in [0.1, 0.15) is 23.8 Å². The van der Waals surface area contributed by atoms with Crippen LogP contribution < -0.4 is 0 Å². The van der Waals surface area contributed by atoms with Gasteiger partial charge in [0.15, 0.2) is 0 Å². The molecule has 1 heterocycles. The molecule has 1 aromatic rings. The molecular weight excluding hydrogens is 212 g/mol. The summed E-state index contributed by atoms with van der Waals surface area (Å²) in [5, 5.41) is 10.7. The van der Waals surface area contributed by atoms with Gasteiger partial charge in [0.25, 0.3) is 0 Å². The minimum atomic E-state index is -0.303. The number of carbonyl (C=O) groups is 1. The summed E-state index contributed by atoms with van der Waals surface area (Å²) in [6, 6.07) is 1.81. The van der Waals surface area contributed by atoms with E-state index in [1.807, 2.05) is 11.4 Å². The van der Waals surface area contributed by atoms with Gasteiger partial charge in [0.2, 0.25) is 0 Å². The van der Waals surface area contributed by atoms with Crippen LogP contribution in [0.3, 0.4) is 0 Å². The molecule has 0 atom stereocenters. The van der Waals surface area contributed by atoms with Crippen molar-refractivity contribution in [1.82, 2.24) is 0 Å². The van der Waals surface area contributed by atoms with Crippen LogP contribution in [0, 0.1) is 11.8 Å². The first-order valence-electron chi connectivity index (χ1n) is 4.59. The number of aliphatic hydroxyl groups excluding tert-OH is 1. The summed E-state index contributed by atoms with van der Waals surface area (Å²) in [7, 11) is 0. The maximum atomic E-state index is 10.9. The van der Waals surface area contributed by atoms with Crippen LogP contribution in [0.2, 0.25) is 0 Å². The van der Waals surface area contributed by atoms with E-state index in [1.165, 1.54) is 11.3 Å². The standard InChI is InChI=1S/C11H12O3S/c1-2-14-11(13)5-3-4-9-6-10(7-12)15-8-9/h6,8,12H,2,5,7H2,1H3. The summed E-state index contributed by atoms with van der Waals surface area (Å²) in [6.45, 7) is 2.18. The minimum Gasteiger partial charge on any atom is -0.465 e. The van der Waals surface area contributed by atoms with Crippen molar-refractivity contribution in [2.24, 2.45) is 0 Å². The predicted octanol–water partition coefficient (Wildman–Crippen LogP) is 1.55. The summed E-state index contributed by atoms with van der Waals surface area (Å²) in [5.41, 5.74) is 0.827. The third-order valence-electron chi connectivity index (χ3n) is 1.58. The first kappa shape index (κ1) is 11.8. The SMILES string of the molecule is CCOC(=O)CC#Cc1csc(CO)c1. The highest BCUT2D eigenvalue weighted by atomic mass is 32.1. The van der Waals surface area contributed by atoms with Crippen LogP contribution in [0.15, 0.2) is 11.4 Å². The molecule has 0 saturated carbocycles. The van der Waals surface area contributed by atoms with Gasteiger partial charge in [0.1, 0.15) is 6.42 Å². The molecule has 15 heavy (non-hydrogen) atoms. The predicted molar refractivity (Wildman–Crippen MR) is 58.4 cm³/mol. The number of hydrogen-bond donors (Lipinski definition) is 1. The minimum absolute atomic E-state index is 0.0320. The fourth-order valence-corrected chi connectivity index (χ4v) is 1.63. The van der Waals surface area contributed by atoms with E-state index >= 15 is 0 Å². The van der Waals surface area contributed by atoms with Crippen molar-refractivity contribution in [2.75, 3.05) is 6.61 Å². The van der Waals surface area contributed by atoms with Crippen molar-refractivity contribution < 1.29 is 14.6 Å². The van der Waals surface area contributed by atoms with Crippen LogP contribution in [0.25, 0.3) is 0 Å². The van der Waals surface area contributed by atoms with Crippen molar-refractivity contribution in [3.63, 3.8) is 0 Å². The van der Waals surface area contributed by atoms with Crippen molar-refractivity contribution in [3.05, 3.63) is 21.9 Å². The Kier molecular flexibility index (Phi) is 4.88. The van der Waals surface area contributed by atoms with Crippen LogP contribution >= 0.6 is 11.3 Å². The highest BCUT2D eigenvalue weighted by molar-refractivity contribution is 7.10. The quantitative estimate of drug-likeness (QED) is 0.626. The van der Waals surface area contributed by atoms with E-state index in [1.54, 1.807) is 6.92 Å². The van der Waals surface area contributed by atoms with Crippen molar-refractivity contribution in [3.8, 4) is 11.8 Å². The Morgan fingerprint density at radius 1 is 1.67 bits per heavy atom. The number of rotatable bonds is 3. The molecule has 0 saturated heterocycles. The van der Waals surface area contributed by atoms with Gasteiger partial charge in [0, 0.05) is 15.8 Å². The van der Waals surface area contributed by atoms with Gasteiger partial charge in [-0.3, -0.25) is 4.79 Å². The monoisotopic (exact) mass is 224 g/mol.